The van der Waals surface area contributed by atoms with Gasteiger partial charge in [0.2, 0.25) is 0 Å². The van der Waals surface area contributed by atoms with E-state index in [1.165, 1.54) is 0 Å². The van der Waals surface area contributed by atoms with Gasteiger partial charge in [0.25, 0.3) is 0 Å². The van der Waals surface area contributed by atoms with Crippen molar-refractivity contribution in [2.75, 3.05) is 20.8 Å². The molecule has 0 saturated heterocycles. The fraction of sp³-hybridized carbons (Fsp3) is 0.414. The lowest BCUT2D eigenvalue weighted by Crippen LogP contribution is -2.39. The molecule has 6 heteroatoms. The summed E-state index contributed by atoms with van der Waals surface area (Å²) >= 11 is 0. The minimum Gasteiger partial charge on any atom is -0.497 e. The summed E-state index contributed by atoms with van der Waals surface area (Å²) in [6.45, 7) is 6.25. The van der Waals surface area contributed by atoms with Gasteiger partial charge in [-0.05, 0) is 42.5 Å². The molecular weight excluding hydrogens is 442 g/mol. The van der Waals surface area contributed by atoms with Gasteiger partial charge < -0.3 is 14.2 Å². The second-order valence-electron chi connectivity index (χ2n) is 10.0. The minimum atomic E-state index is -0.726. The van der Waals surface area contributed by atoms with E-state index in [0.717, 1.165) is 16.8 Å². The molecule has 1 heterocycles. The fourth-order valence-electron chi connectivity index (χ4n) is 5.17. The average Bonchev–Trinajstić information content (AvgIpc) is 2.82. The topological polar surface area (TPSA) is 74.2 Å². The summed E-state index contributed by atoms with van der Waals surface area (Å²) < 4.78 is 16.9. The summed E-state index contributed by atoms with van der Waals surface area (Å²) in [5, 5.41) is 0. The number of Topliss-reactive ketones (excluding diaryl/α,β-unsaturated/α-hetero) is 1. The summed E-state index contributed by atoms with van der Waals surface area (Å²) in [6.07, 6.45) is 1.69. The van der Waals surface area contributed by atoms with Gasteiger partial charge in [0.05, 0.1) is 20.8 Å². The third kappa shape index (κ3) is 5.16. The Morgan fingerprint density at radius 3 is 2.49 bits per heavy atom. The zero-order valence-corrected chi connectivity index (χ0v) is 21.1. The highest BCUT2D eigenvalue weighted by atomic mass is 16.5. The van der Waals surface area contributed by atoms with E-state index in [1.54, 1.807) is 20.3 Å². The van der Waals surface area contributed by atoms with E-state index in [4.69, 9.17) is 19.2 Å². The number of ether oxygens (including phenoxy) is 3. The molecule has 0 bridgehead atoms. The van der Waals surface area contributed by atoms with Crippen LogP contribution in [0.15, 0.2) is 64.8 Å². The van der Waals surface area contributed by atoms with E-state index >= 15 is 0 Å². The highest BCUT2D eigenvalue weighted by molar-refractivity contribution is 6.09. The standard InChI is InChI=1S/C29H33NO5/c1-18-25(28(32)35-14-13-19-9-7-6-8-10-19)26(21-15-20(33-4)11-12-24(21)34-5)27-22(30-18)16-29(2,3)17-23(27)31/h6-12,15,25-26H,13-14,16-17H2,1-5H3/t25?,26-/m1/s1. The molecule has 1 unspecified atom stereocenters. The van der Waals surface area contributed by atoms with Crippen molar-refractivity contribution in [3.8, 4) is 11.5 Å². The fourth-order valence-corrected chi connectivity index (χ4v) is 5.17. The first-order valence-corrected chi connectivity index (χ1v) is 12.0. The maximum atomic E-state index is 13.5. The molecule has 2 aliphatic rings. The van der Waals surface area contributed by atoms with Crippen LogP contribution >= 0.6 is 0 Å². The van der Waals surface area contributed by atoms with Crippen molar-refractivity contribution in [3.63, 3.8) is 0 Å². The van der Waals surface area contributed by atoms with E-state index < -0.39 is 11.8 Å². The summed E-state index contributed by atoms with van der Waals surface area (Å²) in [7, 11) is 3.18. The Bertz CT molecular complexity index is 1180. The number of carbonyl (C=O) groups is 2. The number of esters is 1. The van der Waals surface area contributed by atoms with Crippen molar-refractivity contribution in [2.45, 2.75) is 46.0 Å². The summed E-state index contributed by atoms with van der Waals surface area (Å²) in [6, 6.07) is 15.4. The molecule has 0 amide bonds. The van der Waals surface area contributed by atoms with Crippen LogP contribution < -0.4 is 9.47 Å². The smallest absolute Gasteiger partial charge is 0.315 e. The van der Waals surface area contributed by atoms with E-state index in [1.807, 2.05) is 49.4 Å². The van der Waals surface area contributed by atoms with E-state index in [0.29, 0.717) is 42.0 Å². The molecule has 0 spiro atoms. The maximum absolute atomic E-state index is 13.5. The van der Waals surface area contributed by atoms with E-state index in [9.17, 15) is 9.59 Å². The van der Waals surface area contributed by atoms with Gasteiger partial charge in [0, 0.05) is 41.3 Å². The third-order valence-electron chi connectivity index (χ3n) is 6.81. The second-order valence-corrected chi connectivity index (χ2v) is 10.0. The van der Waals surface area contributed by atoms with Crippen LogP contribution in [0.2, 0.25) is 0 Å². The molecule has 35 heavy (non-hydrogen) atoms. The lowest BCUT2D eigenvalue weighted by Gasteiger charge is -2.39. The van der Waals surface area contributed by atoms with Gasteiger partial charge in [-0.3, -0.25) is 14.6 Å². The SMILES string of the molecule is COc1ccc(OC)c([C@H]2C3=C(CC(C)(C)CC3=O)N=C(C)C2C(=O)OCCc2ccccc2)c1. The number of allylic oxidation sites excluding steroid dienone is 2. The van der Waals surface area contributed by atoms with Gasteiger partial charge in [-0.25, -0.2) is 0 Å². The summed E-state index contributed by atoms with van der Waals surface area (Å²) in [5.74, 6) is -0.429. The van der Waals surface area contributed by atoms with Crippen molar-refractivity contribution in [1.82, 2.24) is 0 Å². The number of aliphatic imine (C=N–C) groups is 1. The predicted molar refractivity (Wildman–Crippen MR) is 135 cm³/mol. The monoisotopic (exact) mass is 475 g/mol. The molecule has 0 fully saturated rings. The van der Waals surface area contributed by atoms with Crippen molar-refractivity contribution in [2.24, 2.45) is 16.3 Å². The number of benzene rings is 2. The Kier molecular flexibility index (Phi) is 7.10. The highest BCUT2D eigenvalue weighted by Crippen LogP contribution is 2.50. The van der Waals surface area contributed by atoms with Gasteiger partial charge in [-0.1, -0.05) is 44.2 Å². The first-order chi connectivity index (χ1) is 16.7. The number of hydrogen-bond acceptors (Lipinski definition) is 6. The highest BCUT2D eigenvalue weighted by Gasteiger charge is 2.47. The van der Waals surface area contributed by atoms with Crippen molar-refractivity contribution >= 4 is 17.5 Å². The largest absolute Gasteiger partial charge is 0.497 e. The minimum absolute atomic E-state index is 0.0180. The number of methoxy groups -OCH3 is 2. The number of ketones is 1. The van der Waals surface area contributed by atoms with E-state index in [2.05, 4.69) is 13.8 Å². The van der Waals surface area contributed by atoms with Gasteiger partial charge in [-0.15, -0.1) is 0 Å². The number of rotatable bonds is 7. The molecule has 0 radical (unpaired) electrons. The molecular formula is C29H33NO5. The molecule has 0 saturated carbocycles. The zero-order chi connectivity index (χ0) is 25.2. The molecule has 4 rings (SSSR count). The number of nitrogens with zero attached hydrogens (tertiary/aromatic N) is 1. The van der Waals surface area contributed by atoms with Crippen LogP contribution in [0.25, 0.3) is 0 Å². The van der Waals surface area contributed by atoms with Crippen LogP contribution in [0.4, 0.5) is 0 Å². The molecule has 184 valence electrons. The Hall–Kier alpha value is -3.41. The molecule has 6 nitrogen and oxygen atoms in total. The first kappa shape index (κ1) is 24.7. The summed E-state index contributed by atoms with van der Waals surface area (Å²) in [4.78, 5) is 31.8. The first-order valence-electron chi connectivity index (χ1n) is 12.0. The number of carbonyl (C=O) groups excluding carboxylic acids is 2. The zero-order valence-electron chi connectivity index (χ0n) is 21.1. The van der Waals surface area contributed by atoms with Crippen molar-refractivity contribution in [3.05, 3.63) is 70.9 Å². The van der Waals surface area contributed by atoms with Crippen LogP contribution in [0.5, 0.6) is 11.5 Å². The molecule has 1 aliphatic carbocycles. The lowest BCUT2D eigenvalue weighted by atomic mass is 9.66. The molecule has 0 N–H and O–H groups in total. The average molecular weight is 476 g/mol. The van der Waals surface area contributed by atoms with Crippen LogP contribution in [0.1, 0.15) is 50.7 Å². The van der Waals surface area contributed by atoms with Crippen LogP contribution in [0.3, 0.4) is 0 Å². The Labute approximate surface area is 207 Å². The Morgan fingerprint density at radius 2 is 1.80 bits per heavy atom. The van der Waals surface area contributed by atoms with Gasteiger partial charge in [0.1, 0.15) is 17.4 Å². The van der Waals surface area contributed by atoms with Gasteiger partial charge >= 0.3 is 5.97 Å². The third-order valence-corrected chi connectivity index (χ3v) is 6.81. The van der Waals surface area contributed by atoms with Crippen molar-refractivity contribution < 1.29 is 23.8 Å². The summed E-state index contributed by atoms with van der Waals surface area (Å²) in [5.41, 5.74) is 3.63. The Balaban J connectivity index is 1.74. The normalized spacial score (nSPS) is 21.2. The van der Waals surface area contributed by atoms with Crippen LogP contribution in [-0.2, 0) is 20.7 Å². The predicted octanol–water partition coefficient (Wildman–Crippen LogP) is 5.31. The van der Waals surface area contributed by atoms with Gasteiger partial charge in [-0.2, -0.15) is 0 Å². The molecule has 2 aromatic carbocycles. The molecule has 0 aromatic heterocycles. The van der Waals surface area contributed by atoms with Gasteiger partial charge in [0.15, 0.2) is 5.78 Å². The maximum Gasteiger partial charge on any atom is 0.315 e. The molecule has 2 aromatic rings. The second kappa shape index (κ2) is 10.1. The quantitative estimate of drug-likeness (QED) is 0.508. The lowest BCUT2D eigenvalue weighted by molar-refractivity contribution is -0.146. The number of hydrogen-bond donors (Lipinski definition) is 0. The van der Waals surface area contributed by atoms with Crippen molar-refractivity contribution in [1.29, 1.82) is 0 Å². The molecule has 2 atom stereocenters. The molecule has 1 aliphatic heterocycles. The Morgan fingerprint density at radius 1 is 1.06 bits per heavy atom. The van der Waals surface area contributed by atoms with E-state index in [-0.39, 0.29) is 23.8 Å². The van der Waals surface area contributed by atoms with Crippen LogP contribution in [0, 0.1) is 11.3 Å². The van der Waals surface area contributed by atoms with Crippen LogP contribution in [-0.4, -0.2) is 38.3 Å².